The number of para-hydroxylation sites is 1. The van der Waals surface area contributed by atoms with Crippen molar-refractivity contribution in [3.05, 3.63) is 60.2 Å². The van der Waals surface area contributed by atoms with Crippen molar-refractivity contribution in [2.75, 3.05) is 24.4 Å². The molecule has 5 nitrogen and oxygen atoms in total. The Balaban J connectivity index is 1.48. The summed E-state index contributed by atoms with van der Waals surface area (Å²) in [5.41, 5.74) is 1.16. The summed E-state index contributed by atoms with van der Waals surface area (Å²) in [4.78, 5) is 15.1. The molecule has 0 N–H and O–H groups in total. The Morgan fingerprint density at radius 1 is 0.931 bits per heavy atom. The van der Waals surface area contributed by atoms with Crippen LogP contribution in [0.3, 0.4) is 0 Å². The number of benzene rings is 2. The topological polar surface area (TPSA) is 57.7 Å². The number of hydrogen-bond donors (Lipinski definition) is 0. The van der Waals surface area contributed by atoms with E-state index < -0.39 is 10.0 Å². The number of carbonyl (C=O) groups is 1. The largest absolute Gasteiger partial charge is 0.338 e. The summed E-state index contributed by atoms with van der Waals surface area (Å²) < 4.78 is 27.1. The quantitative estimate of drug-likeness (QED) is 0.757. The van der Waals surface area contributed by atoms with Gasteiger partial charge >= 0.3 is 0 Å². The minimum Gasteiger partial charge on any atom is -0.338 e. The van der Waals surface area contributed by atoms with Crippen LogP contribution in [0.1, 0.15) is 42.5 Å². The third-order valence-corrected chi connectivity index (χ3v) is 8.26. The van der Waals surface area contributed by atoms with Gasteiger partial charge in [-0.05, 0) is 61.1 Å². The molecule has 0 spiro atoms. The van der Waals surface area contributed by atoms with E-state index in [-0.39, 0.29) is 10.8 Å². The minimum atomic E-state index is -3.67. The summed E-state index contributed by atoms with van der Waals surface area (Å²) in [6, 6.07) is 15.3. The molecule has 2 aliphatic rings. The molecule has 154 valence electrons. The average molecular weight is 413 g/mol. The zero-order valence-corrected chi connectivity index (χ0v) is 17.6. The standard InChI is InChI=1S/C23H28N2O3S/c1-24(21-9-3-2-4-10-21)29(27,28)22-13-11-19(12-14-22)23(26)25-16-15-18-7-5-6-8-20(18)17-25/h2-4,9-14,18,20H,5-8,15-17H2,1H3/t18-,20-/m1/s1. The van der Waals surface area contributed by atoms with Crippen LogP contribution in [0.5, 0.6) is 0 Å². The highest BCUT2D eigenvalue weighted by Crippen LogP contribution is 2.36. The van der Waals surface area contributed by atoms with Gasteiger partial charge in [0.2, 0.25) is 0 Å². The second-order valence-corrected chi connectivity index (χ2v) is 10.1. The molecule has 0 unspecified atom stereocenters. The zero-order valence-electron chi connectivity index (χ0n) is 16.8. The van der Waals surface area contributed by atoms with E-state index in [1.807, 2.05) is 11.0 Å². The van der Waals surface area contributed by atoms with Crippen molar-refractivity contribution < 1.29 is 13.2 Å². The maximum Gasteiger partial charge on any atom is 0.264 e. The molecule has 2 fully saturated rings. The third-order valence-electron chi connectivity index (χ3n) is 6.46. The molecular formula is C23H28N2O3S. The van der Waals surface area contributed by atoms with Crippen LogP contribution in [0.2, 0.25) is 0 Å². The fraction of sp³-hybridized carbons (Fsp3) is 0.435. The van der Waals surface area contributed by atoms with Crippen molar-refractivity contribution >= 4 is 21.6 Å². The monoisotopic (exact) mass is 412 g/mol. The molecule has 2 aromatic carbocycles. The van der Waals surface area contributed by atoms with Crippen molar-refractivity contribution in [3.63, 3.8) is 0 Å². The van der Waals surface area contributed by atoms with Crippen LogP contribution in [0.25, 0.3) is 0 Å². The average Bonchev–Trinajstić information content (AvgIpc) is 2.78. The van der Waals surface area contributed by atoms with Gasteiger partial charge in [0, 0.05) is 25.7 Å². The number of anilines is 1. The van der Waals surface area contributed by atoms with Crippen molar-refractivity contribution in [2.45, 2.75) is 37.0 Å². The molecular weight excluding hydrogens is 384 g/mol. The van der Waals surface area contributed by atoms with Gasteiger partial charge in [-0.3, -0.25) is 9.10 Å². The summed E-state index contributed by atoms with van der Waals surface area (Å²) in [5, 5.41) is 0. The molecule has 4 rings (SSSR count). The molecule has 29 heavy (non-hydrogen) atoms. The molecule has 1 heterocycles. The third kappa shape index (κ3) is 4.04. The molecule has 1 saturated carbocycles. The van der Waals surface area contributed by atoms with Gasteiger partial charge in [0.15, 0.2) is 0 Å². The van der Waals surface area contributed by atoms with Crippen molar-refractivity contribution in [2.24, 2.45) is 11.8 Å². The fourth-order valence-corrected chi connectivity index (χ4v) is 5.87. The SMILES string of the molecule is CN(c1ccccc1)S(=O)(=O)c1ccc(C(=O)N2CC[C@H]3CCCC[C@@H]3C2)cc1. The van der Waals surface area contributed by atoms with Crippen molar-refractivity contribution in [1.29, 1.82) is 0 Å². The van der Waals surface area contributed by atoms with Crippen LogP contribution >= 0.6 is 0 Å². The highest BCUT2D eigenvalue weighted by Gasteiger charge is 2.33. The lowest BCUT2D eigenvalue weighted by molar-refractivity contribution is 0.0521. The first-order chi connectivity index (χ1) is 14.0. The maximum atomic E-state index is 13.0. The van der Waals surface area contributed by atoms with Gasteiger partial charge in [0.1, 0.15) is 0 Å². The van der Waals surface area contributed by atoms with Gasteiger partial charge < -0.3 is 4.90 Å². The van der Waals surface area contributed by atoms with Gasteiger partial charge in [0.25, 0.3) is 15.9 Å². The van der Waals surface area contributed by atoms with Crippen molar-refractivity contribution in [3.8, 4) is 0 Å². The predicted molar refractivity (Wildman–Crippen MR) is 114 cm³/mol. The van der Waals surface area contributed by atoms with Crippen LogP contribution < -0.4 is 4.31 Å². The molecule has 0 radical (unpaired) electrons. The highest BCUT2D eigenvalue weighted by atomic mass is 32.2. The van der Waals surface area contributed by atoms with E-state index in [0.29, 0.717) is 17.2 Å². The van der Waals surface area contributed by atoms with Gasteiger partial charge in [-0.2, -0.15) is 0 Å². The van der Waals surface area contributed by atoms with E-state index in [0.717, 1.165) is 25.4 Å². The van der Waals surface area contributed by atoms with E-state index >= 15 is 0 Å². The Bertz CT molecular complexity index is 957. The molecule has 1 aliphatic heterocycles. The number of sulfonamides is 1. The second kappa shape index (κ2) is 8.19. The lowest BCUT2D eigenvalue weighted by atomic mass is 9.75. The Hall–Kier alpha value is -2.34. The van der Waals surface area contributed by atoms with E-state index in [4.69, 9.17) is 0 Å². The summed E-state index contributed by atoms with van der Waals surface area (Å²) in [6.07, 6.45) is 6.20. The molecule has 1 saturated heterocycles. The van der Waals surface area contributed by atoms with Crippen LogP contribution in [-0.4, -0.2) is 39.4 Å². The number of hydrogen-bond acceptors (Lipinski definition) is 3. The van der Waals surface area contributed by atoms with E-state index in [1.165, 1.54) is 49.2 Å². The minimum absolute atomic E-state index is 0.00869. The van der Waals surface area contributed by atoms with E-state index in [2.05, 4.69) is 0 Å². The Labute approximate surface area is 173 Å². The number of piperidine rings is 1. The number of fused-ring (bicyclic) bond motifs is 1. The molecule has 2 aromatic rings. The summed E-state index contributed by atoms with van der Waals surface area (Å²) in [5.74, 6) is 1.41. The fourth-order valence-electron chi connectivity index (χ4n) is 4.67. The van der Waals surface area contributed by atoms with Gasteiger partial charge in [-0.15, -0.1) is 0 Å². The molecule has 1 aliphatic carbocycles. The lowest BCUT2D eigenvalue weighted by Gasteiger charge is -2.41. The van der Waals surface area contributed by atoms with Crippen LogP contribution in [0.15, 0.2) is 59.5 Å². The smallest absolute Gasteiger partial charge is 0.264 e. The summed E-state index contributed by atoms with van der Waals surface area (Å²) in [6.45, 7) is 1.64. The van der Waals surface area contributed by atoms with E-state index in [1.54, 1.807) is 36.4 Å². The Morgan fingerprint density at radius 2 is 1.59 bits per heavy atom. The van der Waals surface area contributed by atoms with Crippen LogP contribution in [-0.2, 0) is 10.0 Å². The van der Waals surface area contributed by atoms with Gasteiger partial charge in [-0.25, -0.2) is 8.42 Å². The Morgan fingerprint density at radius 3 is 2.28 bits per heavy atom. The molecule has 6 heteroatoms. The summed E-state index contributed by atoms with van der Waals surface area (Å²) >= 11 is 0. The van der Waals surface area contributed by atoms with Crippen molar-refractivity contribution in [1.82, 2.24) is 4.90 Å². The zero-order chi connectivity index (χ0) is 20.4. The van der Waals surface area contributed by atoms with Crippen LogP contribution in [0, 0.1) is 11.8 Å². The number of rotatable bonds is 4. The Kier molecular flexibility index (Phi) is 5.63. The number of amides is 1. The lowest BCUT2D eigenvalue weighted by Crippen LogP contribution is -2.44. The first-order valence-electron chi connectivity index (χ1n) is 10.4. The maximum absolute atomic E-state index is 13.0. The highest BCUT2D eigenvalue weighted by molar-refractivity contribution is 7.92. The van der Waals surface area contributed by atoms with Crippen LogP contribution in [0.4, 0.5) is 5.69 Å². The normalized spacial score (nSPS) is 22.0. The second-order valence-electron chi connectivity index (χ2n) is 8.18. The van der Waals surface area contributed by atoms with Gasteiger partial charge in [0.05, 0.1) is 10.6 Å². The number of nitrogens with zero attached hydrogens (tertiary/aromatic N) is 2. The molecule has 0 bridgehead atoms. The molecule has 1 amide bonds. The van der Waals surface area contributed by atoms with Gasteiger partial charge in [-0.1, -0.05) is 37.5 Å². The molecule has 0 aromatic heterocycles. The van der Waals surface area contributed by atoms with E-state index in [9.17, 15) is 13.2 Å². The molecule has 2 atom stereocenters. The number of carbonyl (C=O) groups excluding carboxylic acids is 1. The number of likely N-dealkylation sites (tertiary alicyclic amines) is 1. The predicted octanol–water partition coefficient (Wildman–Crippen LogP) is 4.16. The first-order valence-corrected chi connectivity index (χ1v) is 11.8. The first kappa shape index (κ1) is 20.0. The summed E-state index contributed by atoms with van der Waals surface area (Å²) in [7, 11) is -2.13.